The van der Waals surface area contributed by atoms with E-state index < -0.39 is 0 Å². The Morgan fingerprint density at radius 1 is 1.47 bits per heavy atom. The summed E-state index contributed by atoms with van der Waals surface area (Å²) < 4.78 is 0. The van der Waals surface area contributed by atoms with Crippen LogP contribution in [0.1, 0.15) is 5.56 Å². The maximum atomic E-state index is 11.9. The molecule has 2 N–H and O–H groups in total. The SMILES string of the molecule is Cc1cc(NC(=O)N(C)CCO)c2ncccc2c1. The molecule has 1 heterocycles. The fourth-order valence-corrected chi connectivity index (χ4v) is 1.90. The second-order valence-corrected chi connectivity index (χ2v) is 4.46. The Bertz CT molecular complexity index is 598. The maximum Gasteiger partial charge on any atom is 0.321 e. The summed E-state index contributed by atoms with van der Waals surface area (Å²) in [5, 5.41) is 12.6. The van der Waals surface area contributed by atoms with Gasteiger partial charge in [0.15, 0.2) is 0 Å². The van der Waals surface area contributed by atoms with Gasteiger partial charge >= 0.3 is 6.03 Å². The van der Waals surface area contributed by atoms with E-state index in [1.54, 1.807) is 13.2 Å². The van der Waals surface area contributed by atoms with E-state index in [-0.39, 0.29) is 12.6 Å². The first-order valence-electron chi connectivity index (χ1n) is 6.10. The predicted molar refractivity (Wildman–Crippen MR) is 75.2 cm³/mol. The van der Waals surface area contributed by atoms with E-state index in [9.17, 15) is 4.79 Å². The molecule has 2 amide bonds. The minimum absolute atomic E-state index is 0.0588. The van der Waals surface area contributed by atoms with Crippen molar-refractivity contribution >= 4 is 22.6 Å². The van der Waals surface area contributed by atoms with E-state index in [2.05, 4.69) is 10.3 Å². The largest absolute Gasteiger partial charge is 0.395 e. The zero-order chi connectivity index (χ0) is 13.8. The Balaban J connectivity index is 2.32. The maximum absolute atomic E-state index is 11.9. The van der Waals surface area contributed by atoms with Crippen LogP contribution < -0.4 is 5.32 Å². The molecule has 5 nitrogen and oxygen atoms in total. The summed E-state index contributed by atoms with van der Waals surface area (Å²) in [6.07, 6.45) is 1.70. The van der Waals surface area contributed by atoms with Gasteiger partial charge in [-0.3, -0.25) is 4.98 Å². The Morgan fingerprint density at radius 2 is 2.26 bits per heavy atom. The summed E-state index contributed by atoms with van der Waals surface area (Å²) in [5.41, 5.74) is 2.50. The second-order valence-electron chi connectivity index (χ2n) is 4.46. The highest BCUT2D eigenvalue weighted by Crippen LogP contribution is 2.23. The zero-order valence-electron chi connectivity index (χ0n) is 11.1. The number of rotatable bonds is 3. The van der Waals surface area contributed by atoms with E-state index in [4.69, 9.17) is 5.11 Å². The first-order valence-corrected chi connectivity index (χ1v) is 6.10. The van der Waals surface area contributed by atoms with Crippen LogP contribution in [0, 0.1) is 6.92 Å². The van der Waals surface area contributed by atoms with Gasteiger partial charge in [0.05, 0.1) is 17.8 Å². The van der Waals surface area contributed by atoms with Gasteiger partial charge in [0, 0.05) is 25.2 Å². The smallest absolute Gasteiger partial charge is 0.321 e. The molecule has 1 aromatic heterocycles. The topological polar surface area (TPSA) is 65.5 Å². The highest BCUT2D eigenvalue weighted by atomic mass is 16.3. The molecule has 0 unspecified atom stereocenters. The monoisotopic (exact) mass is 259 g/mol. The van der Waals surface area contributed by atoms with Gasteiger partial charge < -0.3 is 15.3 Å². The third kappa shape index (κ3) is 3.00. The lowest BCUT2D eigenvalue weighted by Crippen LogP contribution is -2.33. The molecular formula is C14H17N3O2. The van der Waals surface area contributed by atoms with Gasteiger partial charge in [0.1, 0.15) is 0 Å². The fraction of sp³-hybridized carbons (Fsp3) is 0.286. The number of nitrogens with zero attached hydrogens (tertiary/aromatic N) is 2. The van der Waals surface area contributed by atoms with Crippen molar-refractivity contribution in [3.63, 3.8) is 0 Å². The normalized spacial score (nSPS) is 10.5. The zero-order valence-corrected chi connectivity index (χ0v) is 11.1. The average molecular weight is 259 g/mol. The van der Waals surface area contributed by atoms with Crippen LogP contribution in [0.25, 0.3) is 10.9 Å². The van der Waals surface area contributed by atoms with Crippen LogP contribution in [0.4, 0.5) is 10.5 Å². The molecular weight excluding hydrogens is 242 g/mol. The van der Waals surface area contributed by atoms with Crippen LogP contribution in [-0.4, -0.2) is 41.2 Å². The molecule has 0 bridgehead atoms. The van der Waals surface area contributed by atoms with Gasteiger partial charge in [-0.25, -0.2) is 4.79 Å². The first-order chi connectivity index (χ1) is 9.11. The van der Waals surface area contributed by atoms with Crippen molar-refractivity contribution < 1.29 is 9.90 Å². The van der Waals surface area contributed by atoms with Gasteiger partial charge in [0.2, 0.25) is 0 Å². The number of aliphatic hydroxyl groups is 1. The van der Waals surface area contributed by atoms with Gasteiger partial charge in [-0.2, -0.15) is 0 Å². The standard InChI is InChI=1S/C14H17N3O2/c1-10-8-11-4-3-5-15-13(11)12(9-10)16-14(19)17(2)6-7-18/h3-5,8-9,18H,6-7H2,1-2H3,(H,16,19). The third-order valence-corrected chi connectivity index (χ3v) is 2.87. The lowest BCUT2D eigenvalue weighted by molar-refractivity contribution is 0.202. The molecule has 0 aliphatic carbocycles. The number of anilines is 1. The van der Waals surface area contributed by atoms with Gasteiger partial charge in [0.25, 0.3) is 0 Å². The van der Waals surface area contributed by atoms with E-state index in [1.807, 2.05) is 31.2 Å². The Morgan fingerprint density at radius 3 is 3.00 bits per heavy atom. The molecule has 0 radical (unpaired) electrons. The summed E-state index contributed by atoms with van der Waals surface area (Å²) in [7, 11) is 1.64. The van der Waals surface area contributed by atoms with Crippen LogP contribution in [-0.2, 0) is 0 Å². The van der Waals surface area contributed by atoms with Crippen molar-refractivity contribution in [2.45, 2.75) is 6.92 Å². The molecule has 0 aliphatic rings. The number of aryl methyl sites for hydroxylation is 1. The number of hydrogen-bond donors (Lipinski definition) is 2. The molecule has 0 spiro atoms. The lowest BCUT2D eigenvalue weighted by atomic mass is 10.1. The van der Waals surface area contributed by atoms with Gasteiger partial charge in [-0.15, -0.1) is 0 Å². The molecule has 5 heteroatoms. The van der Waals surface area contributed by atoms with Crippen molar-refractivity contribution in [2.24, 2.45) is 0 Å². The van der Waals surface area contributed by atoms with E-state index in [0.29, 0.717) is 12.2 Å². The van der Waals surface area contributed by atoms with E-state index in [1.165, 1.54) is 4.90 Å². The summed E-state index contributed by atoms with van der Waals surface area (Å²) in [5.74, 6) is 0. The predicted octanol–water partition coefficient (Wildman–Crippen LogP) is 2.00. The van der Waals surface area contributed by atoms with Crippen LogP contribution in [0.3, 0.4) is 0 Å². The number of carbonyl (C=O) groups is 1. The first kappa shape index (κ1) is 13.3. The lowest BCUT2D eigenvalue weighted by Gasteiger charge is -2.17. The number of fused-ring (bicyclic) bond motifs is 1. The molecule has 0 saturated heterocycles. The molecule has 100 valence electrons. The highest BCUT2D eigenvalue weighted by Gasteiger charge is 2.11. The number of benzene rings is 1. The number of aromatic nitrogens is 1. The number of urea groups is 1. The van der Waals surface area contributed by atoms with Gasteiger partial charge in [-0.1, -0.05) is 6.07 Å². The van der Waals surface area contributed by atoms with Crippen molar-refractivity contribution in [1.29, 1.82) is 0 Å². The number of amides is 2. The van der Waals surface area contributed by atoms with Crippen LogP contribution in [0.5, 0.6) is 0 Å². The number of pyridine rings is 1. The summed E-state index contributed by atoms with van der Waals surface area (Å²) in [6, 6.07) is 7.48. The molecule has 0 atom stereocenters. The van der Waals surface area contributed by atoms with Crippen molar-refractivity contribution in [2.75, 3.05) is 25.5 Å². The summed E-state index contributed by atoms with van der Waals surface area (Å²) >= 11 is 0. The van der Waals surface area contributed by atoms with Crippen molar-refractivity contribution in [1.82, 2.24) is 9.88 Å². The van der Waals surface area contributed by atoms with Crippen molar-refractivity contribution in [3.05, 3.63) is 36.0 Å². The Hall–Kier alpha value is -2.14. The fourth-order valence-electron chi connectivity index (χ4n) is 1.90. The van der Waals surface area contributed by atoms with Crippen LogP contribution in [0.15, 0.2) is 30.5 Å². The number of nitrogens with one attached hydrogen (secondary N) is 1. The number of aliphatic hydroxyl groups excluding tert-OH is 1. The molecule has 2 aromatic rings. The quantitative estimate of drug-likeness (QED) is 0.886. The van der Waals surface area contributed by atoms with E-state index >= 15 is 0 Å². The molecule has 0 fully saturated rings. The molecule has 0 saturated carbocycles. The van der Waals surface area contributed by atoms with Gasteiger partial charge in [-0.05, 0) is 30.7 Å². The number of carbonyl (C=O) groups excluding carboxylic acids is 1. The minimum atomic E-state index is -0.258. The Kier molecular flexibility index (Phi) is 3.97. The molecule has 1 aromatic carbocycles. The number of likely N-dealkylation sites (N-methyl/N-ethyl adjacent to an activating group) is 1. The summed E-state index contributed by atoms with van der Waals surface area (Å²) in [6.45, 7) is 2.21. The van der Waals surface area contributed by atoms with Crippen LogP contribution in [0.2, 0.25) is 0 Å². The summed E-state index contributed by atoms with van der Waals surface area (Å²) in [4.78, 5) is 17.7. The minimum Gasteiger partial charge on any atom is -0.395 e. The second kappa shape index (κ2) is 5.67. The molecule has 2 rings (SSSR count). The third-order valence-electron chi connectivity index (χ3n) is 2.87. The van der Waals surface area contributed by atoms with Crippen LogP contribution >= 0.6 is 0 Å². The van der Waals surface area contributed by atoms with E-state index in [0.717, 1.165) is 16.5 Å². The average Bonchev–Trinajstić information content (AvgIpc) is 2.38. The molecule has 0 aliphatic heterocycles. The molecule has 19 heavy (non-hydrogen) atoms. The van der Waals surface area contributed by atoms with Crippen molar-refractivity contribution in [3.8, 4) is 0 Å². The number of hydrogen-bond acceptors (Lipinski definition) is 3. The highest BCUT2D eigenvalue weighted by molar-refractivity contribution is 5.99. The Labute approximate surface area is 111 Å².